The standard InChI is InChI=1S/C24H26FN3O2/c1-26-21-5-2-4-18-19-14-27(13-11-20(19)28(24(18)21)15-23(26)30)12-3-6-22(29)16-7-9-17(25)10-8-16/h2,4-5,7-10,19-20H,3,6,11-15H2,1H3/t19-,20-/m0/s1. The van der Waals surface area contributed by atoms with Gasteiger partial charge in [0.15, 0.2) is 5.78 Å². The molecule has 5 nitrogen and oxygen atoms in total. The van der Waals surface area contributed by atoms with Crippen LogP contribution in [-0.4, -0.2) is 55.9 Å². The van der Waals surface area contributed by atoms with Gasteiger partial charge in [0.05, 0.1) is 17.9 Å². The molecular formula is C24H26FN3O2. The zero-order chi connectivity index (χ0) is 20.8. The van der Waals surface area contributed by atoms with Crippen LogP contribution in [0.25, 0.3) is 0 Å². The van der Waals surface area contributed by atoms with E-state index in [4.69, 9.17) is 0 Å². The smallest absolute Gasteiger partial charge is 0.246 e. The van der Waals surface area contributed by atoms with Gasteiger partial charge in [-0.25, -0.2) is 4.39 Å². The van der Waals surface area contributed by atoms with Gasteiger partial charge in [-0.1, -0.05) is 12.1 Å². The molecule has 5 rings (SSSR count). The van der Waals surface area contributed by atoms with Gasteiger partial charge in [0.1, 0.15) is 5.82 Å². The Kier molecular flexibility index (Phi) is 4.82. The van der Waals surface area contributed by atoms with Crippen LogP contribution in [0.15, 0.2) is 42.5 Å². The Balaban J connectivity index is 1.24. The van der Waals surface area contributed by atoms with E-state index >= 15 is 0 Å². The van der Waals surface area contributed by atoms with Crippen LogP contribution in [0.3, 0.4) is 0 Å². The third-order valence-corrected chi connectivity index (χ3v) is 6.88. The van der Waals surface area contributed by atoms with Crippen molar-refractivity contribution in [2.45, 2.75) is 31.2 Å². The van der Waals surface area contributed by atoms with Crippen LogP contribution in [0.5, 0.6) is 0 Å². The Hall–Kier alpha value is -2.73. The van der Waals surface area contributed by atoms with E-state index in [9.17, 15) is 14.0 Å². The summed E-state index contributed by atoms with van der Waals surface area (Å²) in [7, 11) is 1.86. The summed E-state index contributed by atoms with van der Waals surface area (Å²) >= 11 is 0. The highest BCUT2D eigenvalue weighted by molar-refractivity contribution is 6.04. The molecule has 2 aromatic carbocycles. The number of carbonyl (C=O) groups excluding carboxylic acids is 2. The SMILES string of the molecule is CN1C(=O)CN2c3c(cccc31)[C@@H]1CN(CCCC(=O)c3ccc(F)cc3)CC[C@@H]12. The van der Waals surface area contributed by atoms with E-state index in [1.54, 1.807) is 17.0 Å². The first kappa shape index (κ1) is 19.2. The normalized spacial score (nSPS) is 22.8. The quantitative estimate of drug-likeness (QED) is 0.713. The van der Waals surface area contributed by atoms with Gasteiger partial charge in [0.25, 0.3) is 0 Å². The number of benzene rings is 2. The molecule has 6 heteroatoms. The Morgan fingerprint density at radius 3 is 2.77 bits per heavy atom. The van der Waals surface area contributed by atoms with E-state index in [1.807, 2.05) is 13.1 Å². The highest BCUT2D eigenvalue weighted by Crippen LogP contribution is 2.50. The highest BCUT2D eigenvalue weighted by Gasteiger charge is 2.46. The van der Waals surface area contributed by atoms with E-state index in [2.05, 4.69) is 21.9 Å². The van der Waals surface area contributed by atoms with Gasteiger partial charge in [0.2, 0.25) is 5.91 Å². The van der Waals surface area contributed by atoms with Gasteiger partial charge < -0.3 is 14.7 Å². The summed E-state index contributed by atoms with van der Waals surface area (Å²) in [6.45, 7) is 3.29. The molecule has 0 aliphatic carbocycles. The summed E-state index contributed by atoms with van der Waals surface area (Å²) in [4.78, 5) is 31.4. The lowest BCUT2D eigenvalue weighted by atomic mass is 9.89. The number of ketones is 1. The number of Topliss-reactive ketones (excluding diaryl/α,β-unsaturated/α-hetero) is 1. The van der Waals surface area contributed by atoms with E-state index in [0.717, 1.165) is 38.2 Å². The highest BCUT2D eigenvalue weighted by atomic mass is 19.1. The topological polar surface area (TPSA) is 43.9 Å². The average Bonchev–Trinajstić information content (AvgIpc) is 3.06. The summed E-state index contributed by atoms with van der Waals surface area (Å²) in [5, 5.41) is 0. The number of para-hydroxylation sites is 1. The van der Waals surface area contributed by atoms with Crippen molar-refractivity contribution in [3.05, 3.63) is 59.4 Å². The molecule has 3 heterocycles. The summed E-state index contributed by atoms with van der Waals surface area (Å²) < 4.78 is 13.0. The molecule has 2 aromatic rings. The van der Waals surface area contributed by atoms with Crippen molar-refractivity contribution < 1.29 is 14.0 Å². The van der Waals surface area contributed by atoms with Crippen LogP contribution in [0.2, 0.25) is 0 Å². The number of carbonyl (C=O) groups is 2. The van der Waals surface area contributed by atoms with E-state index in [-0.39, 0.29) is 17.5 Å². The number of anilines is 2. The van der Waals surface area contributed by atoms with Crippen LogP contribution in [0, 0.1) is 5.82 Å². The number of piperidine rings is 1. The molecule has 156 valence electrons. The van der Waals surface area contributed by atoms with Crippen LogP contribution in [0.4, 0.5) is 15.8 Å². The van der Waals surface area contributed by atoms with Gasteiger partial charge in [0, 0.05) is 44.1 Å². The third kappa shape index (κ3) is 3.19. The Morgan fingerprint density at radius 1 is 1.17 bits per heavy atom. The second-order valence-electron chi connectivity index (χ2n) is 8.59. The zero-order valence-electron chi connectivity index (χ0n) is 17.2. The minimum absolute atomic E-state index is 0.0688. The largest absolute Gasteiger partial charge is 0.357 e. The molecule has 0 N–H and O–H groups in total. The molecule has 1 amide bonds. The van der Waals surface area contributed by atoms with E-state index < -0.39 is 0 Å². The number of amides is 1. The number of likely N-dealkylation sites (N-methyl/N-ethyl adjacent to an activating group) is 1. The number of likely N-dealkylation sites (tertiary alicyclic amines) is 1. The minimum atomic E-state index is -0.319. The maximum atomic E-state index is 13.0. The number of hydrogen-bond acceptors (Lipinski definition) is 4. The van der Waals surface area contributed by atoms with Crippen LogP contribution in [0.1, 0.15) is 41.1 Å². The molecule has 0 radical (unpaired) electrons. The van der Waals surface area contributed by atoms with Crippen molar-refractivity contribution in [2.75, 3.05) is 43.0 Å². The first-order valence-corrected chi connectivity index (χ1v) is 10.7. The molecule has 1 saturated heterocycles. The van der Waals surface area contributed by atoms with Crippen LogP contribution in [-0.2, 0) is 4.79 Å². The molecule has 3 aliphatic rings. The number of hydrogen-bond donors (Lipinski definition) is 0. The molecule has 0 unspecified atom stereocenters. The molecular weight excluding hydrogens is 381 g/mol. The van der Waals surface area contributed by atoms with Gasteiger partial charge in [-0.05, 0) is 55.3 Å². The lowest BCUT2D eigenvalue weighted by molar-refractivity contribution is -0.117. The monoisotopic (exact) mass is 407 g/mol. The molecule has 0 spiro atoms. The van der Waals surface area contributed by atoms with Gasteiger partial charge in [-0.15, -0.1) is 0 Å². The first-order chi connectivity index (χ1) is 14.5. The minimum Gasteiger partial charge on any atom is -0.357 e. The van der Waals surface area contributed by atoms with Crippen molar-refractivity contribution in [2.24, 2.45) is 0 Å². The maximum absolute atomic E-state index is 13.0. The van der Waals surface area contributed by atoms with Crippen molar-refractivity contribution in [1.29, 1.82) is 0 Å². The fourth-order valence-corrected chi connectivity index (χ4v) is 5.31. The van der Waals surface area contributed by atoms with Crippen LogP contribution >= 0.6 is 0 Å². The number of fused-ring (bicyclic) bond motifs is 3. The second kappa shape index (κ2) is 7.51. The summed E-state index contributed by atoms with van der Waals surface area (Å²) in [6, 6.07) is 12.5. The molecule has 0 saturated carbocycles. The van der Waals surface area contributed by atoms with Crippen molar-refractivity contribution in [3.8, 4) is 0 Å². The number of nitrogens with zero attached hydrogens (tertiary/aromatic N) is 3. The van der Waals surface area contributed by atoms with E-state index in [1.165, 1.54) is 23.4 Å². The summed E-state index contributed by atoms with van der Waals surface area (Å²) in [5.41, 5.74) is 4.19. The fraction of sp³-hybridized carbons (Fsp3) is 0.417. The second-order valence-corrected chi connectivity index (χ2v) is 8.59. The number of rotatable bonds is 5. The summed E-state index contributed by atoms with van der Waals surface area (Å²) in [5.74, 6) is 0.308. The van der Waals surface area contributed by atoms with Crippen LogP contribution < -0.4 is 9.80 Å². The Bertz CT molecular complexity index is 990. The first-order valence-electron chi connectivity index (χ1n) is 10.7. The van der Waals surface area contributed by atoms with Gasteiger partial charge >= 0.3 is 0 Å². The molecule has 2 atom stereocenters. The number of halogens is 1. The molecule has 30 heavy (non-hydrogen) atoms. The predicted octanol–water partition coefficient (Wildman–Crippen LogP) is 3.44. The zero-order valence-corrected chi connectivity index (χ0v) is 17.2. The predicted molar refractivity (Wildman–Crippen MR) is 115 cm³/mol. The Labute approximate surface area is 176 Å². The molecule has 3 aliphatic heterocycles. The lowest BCUT2D eigenvalue weighted by Crippen LogP contribution is -2.51. The molecule has 0 aromatic heterocycles. The molecule has 0 bridgehead atoms. The maximum Gasteiger partial charge on any atom is 0.246 e. The van der Waals surface area contributed by atoms with Crippen molar-refractivity contribution >= 4 is 23.1 Å². The average molecular weight is 407 g/mol. The van der Waals surface area contributed by atoms with E-state index in [0.29, 0.717) is 30.5 Å². The van der Waals surface area contributed by atoms with Gasteiger partial charge in [-0.2, -0.15) is 0 Å². The Morgan fingerprint density at radius 2 is 1.97 bits per heavy atom. The van der Waals surface area contributed by atoms with Crippen molar-refractivity contribution in [1.82, 2.24) is 4.90 Å². The third-order valence-electron chi connectivity index (χ3n) is 6.88. The summed E-state index contributed by atoms with van der Waals surface area (Å²) in [6.07, 6.45) is 2.30. The lowest BCUT2D eigenvalue weighted by Gasteiger charge is -2.40. The van der Waals surface area contributed by atoms with Crippen molar-refractivity contribution in [3.63, 3.8) is 0 Å². The molecule has 1 fully saturated rings. The van der Waals surface area contributed by atoms with Gasteiger partial charge in [-0.3, -0.25) is 9.59 Å². The fourth-order valence-electron chi connectivity index (χ4n) is 5.31.